The number of unbranched alkanes of at least 4 members (excludes halogenated alkanes) is 2. The first-order chi connectivity index (χ1) is 8.40. The molecule has 1 aliphatic carbocycles. The minimum atomic E-state index is 0.728. The smallest absolute Gasteiger partial charge is 0.0621 e. The lowest BCUT2D eigenvalue weighted by atomic mass is 9.97. The van der Waals surface area contributed by atoms with E-state index in [-0.39, 0.29) is 0 Å². The van der Waals surface area contributed by atoms with Crippen molar-refractivity contribution < 1.29 is 0 Å². The zero-order chi connectivity index (χ0) is 11.9. The molecule has 0 aromatic heterocycles. The predicted molar refractivity (Wildman–Crippen MR) is 69.7 cm³/mol. The van der Waals surface area contributed by atoms with Crippen LogP contribution in [0.5, 0.6) is 0 Å². The highest BCUT2D eigenvalue weighted by molar-refractivity contribution is 4.86. The van der Waals surface area contributed by atoms with Crippen LogP contribution in [0.1, 0.15) is 44.9 Å². The van der Waals surface area contributed by atoms with Crippen LogP contribution in [0.25, 0.3) is 0 Å². The number of piperidine rings is 1. The number of nitrogens with one attached hydrogen (secondary N) is 1. The van der Waals surface area contributed by atoms with E-state index in [0.29, 0.717) is 0 Å². The minimum Gasteiger partial charge on any atom is -0.317 e. The van der Waals surface area contributed by atoms with Gasteiger partial charge in [0.1, 0.15) is 0 Å². The Labute approximate surface area is 105 Å². The second kappa shape index (κ2) is 6.98. The van der Waals surface area contributed by atoms with Crippen molar-refractivity contribution in [3.05, 3.63) is 0 Å². The third-order valence-corrected chi connectivity index (χ3v) is 4.00. The zero-order valence-electron chi connectivity index (χ0n) is 10.8. The predicted octanol–water partition coefficient (Wildman–Crippen LogP) is 2.14. The van der Waals surface area contributed by atoms with Crippen LogP contribution in [0, 0.1) is 17.2 Å². The van der Waals surface area contributed by atoms with Gasteiger partial charge in [-0.25, -0.2) is 0 Å². The molecular formula is C14H25N3. The Morgan fingerprint density at radius 2 is 1.88 bits per heavy atom. The van der Waals surface area contributed by atoms with Crippen molar-refractivity contribution in [2.24, 2.45) is 5.92 Å². The number of rotatable bonds is 7. The molecule has 0 spiro atoms. The Morgan fingerprint density at radius 1 is 1.12 bits per heavy atom. The normalized spacial score (nSPS) is 21.6. The molecule has 1 saturated carbocycles. The topological polar surface area (TPSA) is 39.1 Å². The number of hydrogen-bond acceptors (Lipinski definition) is 3. The maximum atomic E-state index is 8.54. The third-order valence-electron chi connectivity index (χ3n) is 4.00. The summed E-state index contributed by atoms with van der Waals surface area (Å²) >= 11 is 0. The summed E-state index contributed by atoms with van der Waals surface area (Å²) in [5.41, 5.74) is 0. The van der Waals surface area contributed by atoms with Crippen molar-refractivity contribution in [3.63, 3.8) is 0 Å². The number of hydrogen-bond donors (Lipinski definition) is 1. The van der Waals surface area contributed by atoms with Crippen LogP contribution in [-0.2, 0) is 0 Å². The summed E-state index contributed by atoms with van der Waals surface area (Å²) in [4.78, 5) is 2.70. The summed E-state index contributed by atoms with van der Waals surface area (Å²) in [6.45, 7) is 4.93. The highest BCUT2D eigenvalue weighted by Crippen LogP contribution is 2.29. The number of nitriles is 1. The van der Waals surface area contributed by atoms with Gasteiger partial charge in [-0.2, -0.15) is 5.26 Å². The van der Waals surface area contributed by atoms with Crippen LogP contribution in [0.3, 0.4) is 0 Å². The van der Waals surface area contributed by atoms with Crippen LogP contribution in [0.4, 0.5) is 0 Å². The van der Waals surface area contributed by atoms with E-state index in [1.165, 1.54) is 58.3 Å². The second-order valence-corrected chi connectivity index (χ2v) is 5.53. The first-order valence-electron chi connectivity index (χ1n) is 7.22. The Kier molecular flexibility index (Phi) is 5.28. The molecule has 0 atom stereocenters. The second-order valence-electron chi connectivity index (χ2n) is 5.53. The van der Waals surface area contributed by atoms with Gasteiger partial charge in [0.15, 0.2) is 0 Å². The Morgan fingerprint density at radius 3 is 2.53 bits per heavy atom. The zero-order valence-corrected chi connectivity index (χ0v) is 10.8. The molecule has 17 heavy (non-hydrogen) atoms. The highest BCUT2D eigenvalue weighted by Gasteiger charge is 2.30. The molecule has 1 saturated heterocycles. The quantitative estimate of drug-likeness (QED) is 0.687. The van der Waals surface area contributed by atoms with Gasteiger partial charge < -0.3 is 10.2 Å². The molecule has 96 valence electrons. The molecule has 1 N–H and O–H groups in total. The summed E-state index contributed by atoms with van der Waals surface area (Å²) in [5.74, 6) is 0.910. The average Bonchev–Trinajstić information content (AvgIpc) is 3.19. The molecule has 3 heteroatoms. The van der Waals surface area contributed by atoms with Crippen molar-refractivity contribution in [2.45, 2.75) is 51.0 Å². The standard InChI is InChI=1S/C14H25N3/c15-8-2-1-3-11-17(14-4-5-14)12-13-6-9-16-10-7-13/h13-14,16H,1-7,9-12H2. The van der Waals surface area contributed by atoms with E-state index >= 15 is 0 Å². The van der Waals surface area contributed by atoms with Crippen LogP contribution in [0.2, 0.25) is 0 Å². The van der Waals surface area contributed by atoms with Gasteiger partial charge in [0.2, 0.25) is 0 Å². The molecule has 0 aromatic rings. The van der Waals surface area contributed by atoms with E-state index in [0.717, 1.165) is 24.8 Å². The highest BCUT2D eigenvalue weighted by atomic mass is 15.2. The molecule has 2 fully saturated rings. The summed E-state index contributed by atoms with van der Waals surface area (Å²) in [6.07, 6.45) is 8.52. The first kappa shape index (κ1) is 12.9. The van der Waals surface area contributed by atoms with Gasteiger partial charge in [0.05, 0.1) is 6.07 Å². The molecular weight excluding hydrogens is 210 g/mol. The molecule has 2 aliphatic rings. The van der Waals surface area contributed by atoms with Crippen LogP contribution in [-0.4, -0.2) is 37.1 Å². The van der Waals surface area contributed by atoms with E-state index in [4.69, 9.17) is 5.26 Å². The van der Waals surface area contributed by atoms with Gasteiger partial charge in [-0.1, -0.05) is 0 Å². The average molecular weight is 235 g/mol. The fourth-order valence-corrected chi connectivity index (χ4v) is 2.78. The molecule has 1 aliphatic heterocycles. The van der Waals surface area contributed by atoms with Crippen LogP contribution >= 0.6 is 0 Å². The SMILES string of the molecule is N#CCCCCN(CC1CCNCC1)C1CC1. The summed E-state index contributed by atoms with van der Waals surface area (Å²) in [6, 6.07) is 3.12. The number of nitrogens with zero attached hydrogens (tertiary/aromatic N) is 2. The van der Waals surface area contributed by atoms with Crippen molar-refractivity contribution in [1.82, 2.24) is 10.2 Å². The summed E-state index contributed by atoms with van der Waals surface area (Å²) < 4.78 is 0. The van der Waals surface area contributed by atoms with Gasteiger partial charge in [0.25, 0.3) is 0 Å². The van der Waals surface area contributed by atoms with Crippen LogP contribution < -0.4 is 5.32 Å². The lowest BCUT2D eigenvalue weighted by molar-refractivity contribution is 0.194. The molecule has 3 nitrogen and oxygen atoms in total. The largest absolute Gasteiger partial charge is 0.317 e. The van der Waals surface area contributed by atoms with Crippen molar-refractivity contribution >= 4 is 0 Å². The van der Waals surface area contributed by atoms with Gasteiger partial charge >= 0.3 is 0 Å². The van der Waals surface area contributed by atoms with E-state index in [1.807, 2.05) is 0 Å². The fourth-order valence-electron chi connectivity index (χ4n) is 2.78. The molecule has 2 rings (SSSR count). The molecule has 0 aromatic carbocycles. The third kappa shape index (κ3) is 4.65. The monoisotopic (exact) mass is 235 g/mol. The Balaban J connectivity index is 1.67. The van der Waals surface area contributed by atoms with Gasteiger partial charge in [-0.3, -0.25) is 0 Å². The van der Waals surface area contributed by atoms with E-state index in [1.54, 1.807) is 0 Å². The maximum Gasteiger partial charge on any atom is 0.0621 e. The molecule has 0 radical (unpaired) electrons. The van der Waals surface area contributed by atoms with E-state index in [2.05, 4.69) is 16.3 Å². The van der Waals surface area contributed by atoms with Crippen molar-refractivity contribution in [3.8, 4) is 6.07 Å². The van der Waals surface area contributed by atoms with Gasteiger partial charge in [-0.05, 0) is 64.1 Å². The van der Waals surface area contributed by atoms with Crippen molar-refractivity contribution in [2.75, 3.05) is 26.2 Å². The molecule has 0 bridgehead atoms. The lowest BCUT2D eigenvalue weighted by Crippen LogP contribution is -2.37. The van der Waals surface area contributed by atoms with Gasteiger partial charge in [0, 0.05) is 19.0 Å². The Bertz CT molecular complexity index is 249. The minimum absolute atomic E-state index is 0.728. The van der Waals surface area contributed by atoms with Gasteiger partial charge in [-0.15, -0.1) is 0 Å². The Hall–Kier alpha value is -0.590. The molecule has 0 amide bonds. The maximum absolute atomic E-state index is 8.54. The summed E-state index contributed by atoms with van der Waals surface area (Å²) in [5, 5.41) is 12.0. The van der Waals surface area contributed by atoms with E-state index in [9.17, 15) is 0 Å². The lowest BCUT2D eigenvalue weighted by Gasteiger charge is -2.30. The van der Waals surface area contributed by atoms with E-state index < -0.39 is 0 Å². The fraction of sp³-hybridized carbons (Fsp3) is 0.929. The molecule has 1 heterocycles. The van der Waals surface area contributed by atoms with Crippen LogP contribution in [0.15, 0.2) is 0 Å². The molecule has 0 unspecified atom stereocenters. The van der Waals surface area contributed by atoms with Crippen molar-refractivity contribution in [1.29, 1.82) is 5.26 Å². The summed E-state index contributed by atoms with van der Waals surface area (Å²) in [7, 11) is 0. The first-order valence-corrected chi connectivity index (χ1v) is 7.22.